The van der Waals surface area contributed by atoms with E-state index < -0.39 is 11.6 Å². The molecule has 3 aromatic rings. The summed E-state index contributed by atoms with van der Waals surface area (Å²) in [4.78, 5) is 12.5. The van der Waals surface area contributed by atoms with Crippen molar-refractivity contribution in [3.63, 3.8) is 0 Å². The van der Waals surface area contributed by atoms with Crippen LogP contribution < -0.4 is 0 Å². The molecule has 4 heteroatoms. The highest BCUT2D eigenvalue weighted by Crippen LogP contribution is 2.49. The molecule has 1 aliphatic heterocycles. The summed E-state index contributed by atoms with van der Waals surface area (Å²) in [6, 6.07) is 18.0. The summed E-state index contributed by atoms with van der Waals surface area (Å²) >= 11 is 0. The van der Waals surface area contributed by atoms with Gasteiger partial charge in [-0.05, 0) is 36.8 Å². The minimum Gasteiger partial charge on any atom is -0.507 e. The fourth-order valence-electron chi connectivity index (χ4n) is 3.41. The van der Waals surface area contributed by atoms with Crippen LogP contribution in [0.5, 0.6) is 5.75 Å². The van der Waals surface area contributed by atoms with Crippen LogP contribution in [0.1, 0.15) is 32.6 Å². The van der Waals surface area contributed by atoms with Gasteiger partial charge < -0.3 is 9.84 Å². The third-order valence-electron chi connectivity index (χ3n) is 4.56. The number of aryl methyl sites for hydroxylation is 1. The number of carbonyl (C=O) groups is 1. The summed E-state index contributed by atoms with van der Waals surface area (Å²) in [7, 11) is 0. The first-order valence-corrected chi connectivity index (χ1v) is 7.91. The standard InChI is InChI=1S/C21H15FO3/c1-13-6-11-18(19(23)12-13)21(14-7-9-15(22)10-8-14)17-5-3-2-4-16(17)20(24)25-21/h2-12,23H,1H3. The molecular formula is C21H15FO3. The van der Waals surface area contributed by atoms with Crippen LogP contribution in [0.25, 0.3) is 0 Å². The van der Waals surface area contributed by atoms with Crippen LogP contribution in [0.3, 0.4) is 0 Å². The molecule has 1 unspecified atom stereocenters. The van der Waals surface area contributed by atoms with Crippen molar-refractivity contribution in [2.24, 2.45) is 0 Å². The Morgan fingerprint density at radius 1 is 0.960 bits per heavy atom. The summed E-state index contributed by atoms with van der Waals surface area (Å²) < 4.78 is 19.3. The zero-order chi connectivity index (χ0) is 17.6. The second-order valence-corrected chi connectivity index (χ2v) is 6.14. The lowest BCUT2D eigenvalue weighted by Crippen LogP contribution is -2.29. The van der Waals surface area contributed by atoms with E-state index in [1.54, 1.807) is 42.5 Å². The van der Waals surface area contributed by atoms with Gasteiger partial charge in [0.25, 0.3) is 0 Å². The maximum atomic E-state index is 13.4. The number of aromatic hydroxyl groups is 1. The maximum absolute atomic E-state index is 13.4. The molecule has 4 rings (SSSR count). The predicted octanol–water partition coefficient (Wildman–Crippen LogP) is 4.30. The highest BCUT2D eigenvalue weighted by molar-refractivity contribution is 5.96. The Morgan fingerprint density at radius 3 is 2.40 bits per heavy atom. The molecule has 1 aliphatic rings. The lowest BCUT2D eigenvalue weighted by atomic mass is 9.79. The van der Waals surface area contributed by atoms with E-state index in [2.05, 4.69) is 0 Å². The predicted molar refractivity (Wildman–Crippen MR) is 91.0 cm³/mol. The highest BCUT2D eigenvalue weighted by Gasteiger charge is 2.49. The van der Waals surface area contributed by atoms with Gasteiger partial charge in [-0.3, -0.25) is 0 Å². The molecule has 0 spiro atoms. The average Bonchev–Trinajstić information content (AvgIpc) is 2.90. The van der Waals surface area contributed by atoms with E-state index >= 15 is 0 Å². The Hall–Kier alpha value is -3.14. The zero-order valence-electron chi connectivity index (χ0n) is 13.5. The van der Waals surface area contributed by atoms with Crippen LogP contribution in [-0.4, -0.2) is 11.1 Å². The van der Waals surface area contributed by atoms with Crippen LogP contribution in [-0.2, 0) is 10.3 Å². The first-order valence-electron chi connectivity index (χ1n) is 7.91. The minimum absolute atomic E-state index is 0.0221. The number of hydrogen-bond acceptors (Lipinski definition) is 3. The van der Waals surface area contributed by atoms with Crippen molar-refractivity contribution in [2.45, 2.75) is 12.5 Å². The molecule has 0 amide bonds. The number of benzene rings is 3. The quantitative estimate of drug-likeness (QED) is 0.711. The fourth-order valence-corrected chi connectivity index (χ4v) is 3.41. The fraction of sp³-hybridized carbons (Fsp3) is 0.0952. The Bertz CT molecular complexity index is 979. The number of ether oxygens (including phenoxy) is 1. The number of carbonyl (C=O) groups excluding carboxylic acids is 1. The van der Waals surface area contributed by atoms with Gasteiger partial charge in [-0.2, -0.15) is 0 Å². The molecule has 1 heterocycles. The number of fused-ring (bicyclic) bond motifs is 1. The average molecular weight is 334 g/mol. The van der Waals surface area contributed by atoms with E-state index in [-0.39, 0.29) is 11.6 Å². The molecule has 3 nitrogen and oxygen atoms in total. The second kappa shape index (κ2) is 5.45. The second-order valence-electron chi connectivity index (χ2n) is 6.14. The monoisotopic (exact) mass is 334 g/mol. The summed E-state index contributed by atoms with van der Waals surface area (Å²) in [5.74, 6) is -0.835. The van der Waals surface area contributed by atoms with Crippen molar-refractivity contribution in [1.29, 1.82) is 0 Å². The van der Waals surface area contributed by atoms with Crippen LogP contribution in [0.2, 0.25) is 0 Å². The van der Waals surface area contributed by atoms with E-state index in [0.29, 0.717) is 22.3 Å². The normalized spacial score (nSPS) is 18.7. The van der Waals surface area contributed by atoms with Gasteiger partial charge in [0.15, 0.2) is 5.60 Å². The number of phenolic OH excluding ortho intramolecular Hbond substituents is 1. The van der Waals surface area contributed by atoms with Gasteiger partial charge in [0, 0.05) is 16.7 Å². The topological polar surface area (TPSA) is 46.5 Å². The summed E-state index contributed by atoms with van der Waals surface area (Å²) in [5, 5.41) is 10.6. The molecule has 0 saturated carbocycles. The van der Waals surface area contributed by atoms with E-state index in [0.717, 1.165) is 5.56 Å². The van der Waals surface area contributed by atoms with Crippen LogP contribution in [0.4, 0.5) is 4.39 Å². The van der Waals surface area contributed by atoms with Crippen molar-refractivity contribution < 1.29 is 19.0 Å². The molecule has 0 saturated heterocycles. The Morgan fingerprint density at radius 2 is 1.68 bits per heavy atom. The molecule has 1 atom stereocenters. The molecule has 0 aliphatic carbocycles. The molecule has 0 aromatic heterocycles. The third kappa shape index (κ3) is 2.22. The molecule has 0 radical (unpaired) electrons. The van der Waals surface area contributed by atoms with Gasteiger partial charge in [0.05, 0.1) is 5.56 Å². The largest absolute Gasteiger partial charge is 0.507 e. The van der Waals surface area contributed by atoms with Gasteiger partial charge in [-0.25, -0.2) is 9.18 Å². The molecule has 0 fully saturated rings. The van der Waals surface area contributed by atoms with Gasteiger partial charge in [-0.1, -0.05) is 42.5 Å². The molecule has 0 bridgehead atoms. The van der Waals surface area contributed by atoms with Crippen molar-refractivity contribution >= 4 is 5.97 Å². The van der Waals surface area contributed by atoms with Crippen molar-refractivity contribution in [2.75, 3.05) is 0 Å². The van der Waals surface area contributed by atoms with Crippen molar-refractivity contribution in [3.05, 3.63) is 100 Å². The highest BCUT2D eigenvalue weighted by atomic mass is 19.1. The number of rotatable bonds is 2. The van der Waals surface area contributed by atoms with Crippen LogP contribution in [0, 0.1) is 12.7 Å². The number of hydrogen-bond donors (Lipinski definition) is 1. The number of esters is 1. The smallest absolute Gasteiger partial charge is 0.340 e. The number of halogens is 1. The molecule has 3 aromatic carbocycles. The lowest BCUT2D eigenvalue weighted by Gasteiger charge is -2.30. The third-order valence-corrected chi connectivity index (χ3v) is 4.56. The lowest BCUT2D eigenvalue weighted by molar-refractivity contribution is 0.0245. The molecular weight excluding hydrogens is 319 g/mol. The first kappa shape index (κ1) is 15.4. The van der Waals surface area contributed by atoms with Crippen LogP contribution >= 0.6 is 0 Å². The van der Waals surface area contributed by atoms with Crippen molar-refractivity contribution in [3.8, 4) is 5.75 Å². The van der Waals surface area contributed by atoms with E-state index in [9.17, 15) is 14.3 Å². The Balaban J connectivity index is 2.07. The van der Waals surface area contributed by atoms with E-state index in [1.807, 2.05) is 19.1 Å². The van der Waals surface area contributed by atoms with Gasteiger partial charge >= 0.3 is 5.97 Å². The molecule has 1 N–H and O–H groups in total. The van der Waals surface area contributed by atoms with E-state index in [4.69, 9.17) is 4.74 Å². The SMILES string of the molecule is Cc1ccc(C2(c3ccc(F)cc3)OC(=O)c3ccccc32)c(O)c1. The molecule has 25 heavy (non-hydrogen) atoms. The number of phenols is 1. The zero-order valence-corrected chi connectivity index (χ0v) is 13.5. The van der Waals surface area contributed by atoms with Gasteiger partial charge in [-0.15, -0.1) is 0 Å². The summed E-state index contributed by atoms with van der Waals surface area (Å²) in [5.41, 5.74) is 1.67. The van der Waals surface area contributed by atoms with Gasteiger partial charge in [0.1, 0.15) is 11.6 Å². The maximum Gasteiger partial charge on any atom is 0.340 e. The summed E-state index contributed by atoms with van der Waals surface area (Å²) in [6.07, 6.45) is 0. The molecule has 124 valence electrons. The van der Waals surface area contributed by atoms with E-state index in [1.165, 1.54) is 12.1 Å². The Kier molecular flexibility index (Phi) is 3.35. The first-order chi connectivity index (χ1) is 12.0. The number of cyclic esters (lactones) is 1. The minimum atomic E-state index is -1.31. The summed E-state index contributed by atoms with van der Waals surface area (Å²) in [6.45, 7) is 1.86. The van der Waals surface area contributed by atoms with Crippen LogP contribution in [0.15, 0.2) is 66.7 Å². The van der Waals surface area contributed by atoms with Crippen molar-refractivity contribution in [1.82, 2.24) is 0 Å². The van der Waals surface area contributed by atoms with Gasteiger partial charge in [0.2, 0.25) is 0 Å². The Labute approximate surface area is 144 Å².